The van der Waals surface area contributed by atoms with Crippen molar-refractivity contribution in [2.75, 3.05) is 13.7 Å². The molecule has 1 unspecified atom stereocenters. The Labute approximate surface area is 233 Å². The van der Waals surface area contributed by atoms with E-state index in [0.717, 1.165) is 38.0 Å². The van der Waals surface area contributed by atoms with Gasteiger partial charge in [0.25, 0.3) is 0 Å². The molecule has 1 atom stereocenters. The van der Waals surface area contributed by atoms with Crippen LogP contribution in [0.5, 0.6) is 0 Å². The molecule has 6 heteroatoms. The van der Waals surface area contributed by atoms with E-state index in [4.69, 9.17) is 0 Å². The van der Waals surface area contributed by atoms with Gasteiger partial charge in [-0.2, -0.15) is 0 Å². The standard InChI is InChI=1S/C25H33N3OS.C7H12O/c1-17(2)14-23(29)28-13-5-8-22(28)24(20-6-4-7-20)26-15-19-9-11-21(12-10-19)25-18(3)27-16-30-25;1-3-4-5-6-7-8-2/h9-12,16-17,22,26H,4-8,13-15H2,1-3H3;4-7H,3H2,1-2H3/b;5-4+,7-6-. The summed E-state index contributed by atoms with van der Waals surface area (Å²) in [5, 5.41) is 3.76. The minimum atomic E-state index is 0.241. The number of aromatic nitrogens is 1. The zero-order valence-electron chi connectivity index (χ0n) is 23.8. The van der Waals surface area contributed by atoms with Crippen molar-refractivity contribution < 1.29 is 9.53 Å². The summed E-state index contributed by atoms with van der Waals surface area (Å²) in [6.07, 6.45) is 15.1. The summed E-state index contributed by atoms with van der Waals surface area (Å²) in [4.78, 5) is 20.6. The Bertz CT molecular complexity index is 1080. The molecule has 38 heavy (non-hydrogen) atoms. The van der Waals surface area contributed by atoms with Crippen molar-refractivity contribution in [3.63, 3.8) is 0 Å². The van der Waals surface area contributed by atoms with E-state index in [-0.39, 0.29) is 6.04 Å². The maximum Gasteiger partial charge on any atom is 0.223 e. The number of nitrogens with zero attached hydrogens (tertiary/aromatic N) is 2. The van der Waals surface area contributed by atoms with Crippen LogP contribution in [0.4, 0.5) is 0 Å². The normalized spacial score (nSPS) is 17.1. The van der Waals surface area contributed by atoms with E-state index in [0.29, 0.717) is 18.2 Å². The largest absolute Gasteiger partial charge is 0.504 e. The first-order valence-electron chi connectivity index (χ1n) is 14.0. The van der Waals surface area contributed by atoms with Crippen LogP contribution in [0.2, 0.25) is 0 Å². The van der Waals surface area contributed by atoms with Gasteiger partial charge in [0.05, 0.1) is 35.5 Å². The minimum Gasteiger partial charge on any atom is -0.504 e. The summed E-state index contributed by atoms with van der Waals surface area (Å²) < 4.78 is 4.66. The number of hydrogen-bond donors (Lipinski definition) is 1. The molecule has 1 aromatic carbocycles. The first kappa shape index (κ1) is 29.7. The molecule has 2 heterocycles. The molecule has 2 fully saturated rings. The predicted molar refractivity (Wildman–Crippen MR) is 160 cm³/mol. The number of carbonyl (C=O) groups is 1. The van der Waals surface area contributed by atoms with Gasteiger partial charge in [-0.15, -0.1) is 11.3 Å². The number of likely N-dealkylation sites (tertiary alicyclic amines) is 1. The molecule has 0 radical (unpaired) electrons. The van der Waals surface area contributed by atoms with Crippen molar-refractivity contribution in [2.45, 2.75) is 85.2 Å². The quantitative estimate of drug-likeness (QED) is 0.249. The molecule has 1 amide bonds. The molecule has 2 aliphatic rings. The van der Waals surface area contributed by atoms with Gasteiger partial charge in [-0.25, -0.2) is 4.98 Å². The molecule has 206 valence electrons. The molecular formula is C32H45N3O2S. The predicted octanol–water partition coefficient (Wildman–Crippen LogP) is 7.80. The van der Waals surface area contributed by atoms with Gasteiger partial charge in [0, 0.05) is 25.2 Å². The van der Waals surface area contributed by atoms with Crippen molar-refractivity contribution in [3.05, 3.63) is 76.8 Å². The molecule has 1 aliphatic carbocycles. The van der Waals surface area contributed by atoms with Gasteiger partial charge in [0.1, 0.15) is 0 Å². The molecule has 1 aliphatic heterocycles. The fourth-order valence-corrected chi connectivity index (χ4v) is 5.63. The number of aryl methyl sites for hydroxylation is 1. The highest BCUT2D eigenvalue weighted by Crippen LogP contribution is 2.34. The Morgan fingerprint density at radius 2 is 1.97 bits per heavy atom. The Morgan fingerprint density at radius 3 is 2.55 bits per heavy atom. The van der Waals surface area contributed by atoms with Gasteiger partial charge in [-0.3, -0.25) is 4.79 Å². The van der Waals surface area contributed by atoms with Crippen molar-refractivity contribution in [2.24, 2.45) is 5.92 Å². The second kappa shape index (κ2) is 15.5. The van der Waals surface area contributed by atoms with Crippen LogP contribution in [0.25, 0.3) is 10.4 Å². The average molecular weight is 536 g/mol. The zero-order valence-corrected chi connectivity index (χ0v) is 24.7. The van der Waals surface area contributed by atoms with Gasteiger partial charge >= 0.3 is 0 Å². The Balaban J connectivity index is 0.000000436. The summed E-state index contributed by atoms with van der Waals surface area (Å²) in [6.45, 7) is 10.1. The monoisotopic (exact) mass is 535 g/mol. The summed E-state index contributed by atoms with van der Waals surface area (Å²) in [7, 11) is 1.64. The lowest BCUT2D eigenvalue weighted by molar-refractivity contribution is -0.132. The molecule has 4 rings (SSSR count). The number of allylic oxidation sites excluding steroid dienone is 4. The van der Waals surface area contributed by atoms with E-state index in [9.17, 15) is 4.79 Å². The average Bonchev–Trinajstić information content (AvgIpc) is 3.53. The van der Waals surface area contributed by atoms with E-state index < -0.39 is 0 Å². The van der Waals surface area contributed by atoms with Gasteiger partial charge in [-0.1, -0.05) is 57.2 Å². The number of rotatable bonds is 10. The number of ether oxygens (including phenoxy) is 1. The van der Waals surface area contributed by atoms with Crippen LogP contribution in [0.1, 0.15) is 77.0 Å². The van der Waals surface area contributed by atoms with Crippen LogP contribution in [0, 0.1) is 12.8 Å². The number of hydrogen-bond acceptors (Lipinski definition) is 5. The number of methoxy groups -OCH3 is 1. The molecule has 0 spiro atoms. The van der Waals surface area contributed by atoms with Crippen molar-refractivity contribution in [1.29, 1.82) is 0 Å². The second-order valence-corrected chi connectivity index (χ2v) is 11.3. The number of nitrogens with one attached hydrogen (secondary N) is 1. The lowest BCUT2D eigenvalue weighted by Crippen LogP contribution is -2.41. The number of thiazole rings is 1. The number of carbonyl (C=O) groups excluding carboxylic acids is 1. The van der Waals surface area contributed by atoms with Crippen LogP contribution >= 0.6 is 11.3 Å². The summed E-state index contributed by atoms with van der Waals surface area (Å²) >= 11 is 1.69. The smallest absolute Gasteiger partial charge is 0.223 e. The first-order valence-corrected chi connectivity index (χ1v) is 14.9. The molecule has 0 bridgehead atoms. The van der Waals surface area contributed by atoms with Crippen molar-refractivity contribution in [3.8, 4) is 10.4 Å². The Morgan fingerprint density at radius 1 is 1.21 bits per heavy atom. The van der Waals surface area contributed by atoms with Crippen LogP contribution < -0.4 is 5.32 Å². The van der Waals surface area contributed by atoms with E-state index in [2.05, 4.69) is 78.0 Å². The maximum atomic E-state index is 12.8. The molecular weight excluding hydrogens is 490 g/mol. The summed E-state index contributed by atoms with van der Waals surface area (Å²) in [5.74, 6) is 0.725. The lowest BCUT2D eigenvalue weighted by atomic mass is 9.87. The zero-order chi connectivity index (χ0) is 27.3. The minimum absolute atomic E-state index is 0.241. The molecule has 1 N–H and O–H groups in total. The van der Waals surface area contributed by atoms with E-state index in [1.54, 1.807) is 24.7 Å². The molecule has 1 saturated heterocycles. The highest BCUT2D eigenvalue weighted by atomic mass is 32.1. The van der Waals surface area contributed by atoms with Crippen LogP contribution in [0.3, 0.4) is 0 Å². The van der Waals surface area contributed by atoms with E-state index in [1.165, 1.54) is 46.5 Å². The van der Waals surface area contributed by atoms with Crippen molar-refractivity contribution >= 4 is 17.2 Å². The van der Waals surface area contributed by atoms with E-state index >= 15 is 0 Å². The van der Waals surface area contributed by atoms with Crippen molar-refractivity contribution in [1.82, 2.24) is 15.2 Å². The fraction of sp³-hybridized carbons (Fsp3) is 0.500. The van der Waals surface area contributed by atoms with Gasteiger partial charge < -0.3 is 15.0 Å². The first-order chi connectivity index (χ1) is 18.4. The third-order valence-electron chi connectivity index (χ3n) is 6.97. The highest BCUT2D eigenvalue weighted by Gasteiger charge is 2.33. The Kier molecular flexibility index (Phi) is 12.1. The van der Waals surface area contributed by atoms with E-state index in [1.807, 2.05) is 17.7 Å². The molecule has 1 aromatic heterocycles. The van der Waals surface area contributed by atoms with Crippen LogP contribution in [-0.2, 0) is 16.1 Å². The fourth-order valence-electron chi connectivity index (χ4n) is 4.82. The highest BCUT2D eigenvalue weighted by molar-refractivity contribution is 7.13. The molecule has 1 saturated carbocycles. The molecule has 2 aromatic rings. The third kappa shape index (κ3) is 8.59. The summed E-state index contributed by atoms with van der Waals surface area (Å²) in [5.41, 5.74) is 8.37. The lowest BCUT2D eigenvalue weighted by Gasteiger charge is -2.33. The Hall–Kier alpha value is -2.86. The number of benzene rings is 1. The van der Waals surface area contributed by atoms with Crippen LogP contribution in [-0.4, -0.2) is 35.5 Å². The maximum absolute atomic E-state index is 12.8. The second-order valence-electron chi connectivity index (χ2n) is 10.4. The molecule has 5 nitrogen and oxygen atoms in total. The topological polar surface area (TPSA) is 54.5 Å². The SMILES string of the molecule is CC/C=C/C=C\OC.Cc1ncsc1-c1ccc(CNC(=C2CCC2)C2CCCN2C(=O)CC(C)C)cc1. The summed E-state index contributed by atoms with van der Waals surface area (Å²) in [6, 6.07) is 9.05. The van der Waals surface area contributed by atoms with Gasteiger partial charge in [0.2, 0.25) is 5.91 Å². The van der Waals surface area contributed by atoms with Gasteiger partial charge in [0.15, 0.2) is 0 Å². The van der Waals surface area contributed by atoms with Crippen LogP contribution in [0.15, 0.2) is 65.5 Å². The van der Waals surface area contributed by atoms with Gasteiger partial charge in [-0.05, 0) is 74.1 Å². The third-order valence-corrected chi connectivity index (χ3v) is 7.95. The number of amides is 1.